The van der Waals surface area contributed by atoms with Crippen molar-refractivity contribution in [2.75, 3.05) is 5.73 Å². The molecule has 1 heterocycles. The number of fused-ring (bicyclic) bond motifs is 1. The molecule has 0 unspecified atom stereocenters. The van der Waals surface area contributed by atoms with Gasteiger partial charge in [-0.25, -0.2) is 9.36 Å². The SMILES string of the molecule is Nc1ccc2[nH]c(=O)n(C(=O)c3ccc(Cl)cc3)c2c1. The topological polar surface area (TPSA) is 80.9 Å². The van der Waals surface area contributed by atoms with E-state index >= 15 is 0 Å². The van der Waals surface area contributed by atoms with E-state index in [0.29, 0.717) is 27.3 Å². The summed E-state index contributed by atoms with van der Waals surface area (Å²) >= 11 is 5.79. The van der Waals surface area contributed by atoms with Gasteiger partial charge in [-0.15, -0.1) is 0 Å². The van der Waals surface area contributed by atoms with Crippen LogP contribution < -0.4 is 11.4 Å². The quantitative estimate of drug-likeness (QED) is 0.674. The van der Waals surface area contributed by atoms with E-state index in [-0.39, 0.29) is 0 Å². The Bertz CT molecular complexity index is 862. The summed E-state index contributed by atoms with van der Waals surface area (Å²) in [6.07, 6.45) is 0. The molecule has 5 nitrogen and oxygen atoms in total. The number of aromatic nitrogens is 2. The molecule has 0 radical (unpaired) electrons. The van der Waals surface area contributed by atoms with Crippen LogP contribution in [0.15, 0.2) is 47.3 Å². The van der Waals surface area contributed by atoms with Crippen LogP contribution in [0.25, 0.3) is 11.0 Å². The minimum absolute atomic E-state index is 0.375. The molecule has 0 aliphatic carbocycles. The van der Waals surface area contributed by atoms with Gasteiger partial charge in [-0.1, -0.05) is 11.6 Å². The Morgan fingerprint density at radius 1 is 1.15 bits per heavy atom. The van der Waals surface area contributed by atoms with Gasteiger partial charge in [-0.05, 0) is 42.5 Å². The molecule has 0 aliphatic heterocycles. The predicted octanol–water partition coefficient (Wildman–Crippen LogP) is 2.25. The van der Waals surface area contributed by atoms with Crippen LogP contribution in [0.4, 0.5) is 5.69 Å². The van der Waals surface area contributed by atoms with Gasteiger partial charge < -0.3 is 10.7 Å². The summed E-state index contributed by atoms with van der Waals surface area (Å²) < 4.78 is 1.06. The molecule has 0 fully saturated rings. The van der Waals surface area contributed by atoms with Gasteiger partial charge in [0, 0.05) is 16.3 Å². The number of aromatic amines is 1. The summed E-state index contributed by atoms with van der Waals surface area (Å²) in [6, 6.07) is 11.3. The maximum absolute atomic E-state index is 12.4. The van der Waals surface area contributed by atoms with E-state index in [1.807, 2.05) is 0 Å². The lowest BCUT2D eigenvalue weighted by Gasteiger charge is -2.03. The lowest BCUT2D eigenvalue weighted by Crippen LogP contribution is -2.24. The van der Waals surface area contributed by atoms with Crippen molar-refractivity contribution in [2.24, 2.45) is 0 Å². The van der Waals surface area contributed by atoms with Crippen molar-refractivity contribution in [1.82, 2.24) is 9.55 Å². The molecule has 0 amide bonds. The van der Waals surface area contributed by atoms with Gasteiger partial charge in [0.2, 0.25) is 0 Å². The lowest BCUT2D eigenvalue weighted by atomic mass is 10.2. The number of nitrogens with two attached hydrogens (primary N) is 1. The molecule has 1 aromatic heterocycles. The molecule has 0 saturated heterocycles. The Morgan fingerprint density at radius 2 is 1.85 bits per heavy atom. The molecule has 0 bridgehead atoms. The van der Waals surface area contributed by atoms with E-state index in [0.717, 1.165) is 4.57 Å². The van der Waals surface area contributed by atoms with Gasteiger partial charge in [0.25, 0.3) is 5.91 Å². The Labute approximate surface area is 118 Å². The third kappa shape index (κ3) is 1.98. The van der Waals surface area contributed by atoms with E-state index in [1.165, 1.54) is 0 Å². The number of benzene rings is 2. The average molecular weight is 288 g/mol. The third-order valence-corrected chi connectivity index (χ3v) is 3.25. The average Bonchev–Trinajstić information content (AvgIpc) is 2.74. The lowest BCUT2D eigenvalue weighted by molar-refractivity contribution is 0.0961. The van der Waals surface area contributed by atoms with Gasteiger partial charge >= 0.3 is 5.69 Å². The second kappa shape index (κ2) is 4.54. The normalized spacial score (nSPS) is 10.8. The number of nitrogens with zero attached hydrogens (tertiary/aromatic N) is 1. The van der Waals surface area contributed by atoms with E-state index < -0.39 is 11.6 Å². The van der Waals surface area contributed by atoms with Gasteiger partial charge in [0.1, 0.15) is 0 Å². The number of carbonyl (C=O) groups is 1. The van der Waals surface area contributed by atoms with Crippen molar-refractivity contribution < 1.29 is 4.79 Å². The highest BCUT2D eigenvalue weighted by atomic mass is 35.5. The van der Waals surface area contributed by atoms with Crippen molar-refractivity contribution in [3.05, 3.63) is 63.5 Å². The molecule has 20 heavy (non-hydrogen) atoms. The van der Waals surface area contributed by atoms with Crippen LogP contribution in [0.1, 0.15) is 10.4 Å². The van der Waals surface area contributed by atoms with Gasteiger partial charge in [-0.2, -0.15) is 0 Å². The molecule has 100 valence electrons. The first-order chi connectivity index (χ1) is 9.56. The highest BCUT2D eigenvalue weighted by molar-refractivity contribution is 6.30. The minimum atomic E-state index is -0.495. The number of H-pyrrole nitrogens is 1. The maximum Gasteiger partial charge on any atom is 0.333 e. The second-order valence-electron chi connectivity index (χ2n) is 4.35. The summed E-state index contributed by atoms with van der Waals surface area (Å²) in [5.41, 5.74) is 7.08. The Balaban J connectivity index is 2.21. The number of imidazole rings is 1. The maximum atomic E-state index is 12.4. The van der Waals surface area contributed by atoms with E-state index in [1.54, 1.807) is 42.5 Å². The zero-order valence-electron chi connectivity index (χ0n) is 10.3. The molecule has 0 atom stereocenters. The fraction of sp³-hybridized carbons (Fsp3) is 0. The van der Waals surface area contributed by atoms with E-state index in [4.69, 9.17) is 17.3 Å². The van der Waals surface area contributed by atoms with Crippen molar-refractivity contribution in [2.45, 2.75) is 0 Å². The van der Waals surface area contributed by atoms with Crippen LogP contribution in [0.5, 0.6) is 0 Å². The first-order valence-electron chi connectivity index (χ1n) is 5.87. The van der Waals surface area contributed by atoms with Crippen molar-refractivity contribution >= 4 is 34.2 Å². The highest BCUT2D eigenvalue weighted by Gasteiger charge is 2.15. The van der Waals surface area contributed by atoms with Gasteiger partial charge in [0.05, 0.1) is 11.0 Å². The second-order valence-corrected chi connectivity index (χ2v) is 4.79. The van der Waals surface area contributed by atoms with Gasteiger partial charge in [-0.3, -0.25) is 4.79 Å². The summed E-state index contributed by atoms with van der Waals surface area (Å²) in [5, 5.41) is 0.525. The van der Waals surface area contributed by atoms with Crippen LogP contribution >= 0.6 is 11.6 Å². The number of halogens is 1. The van der Waals surface area contributed by atoms with Crippen LogP contribution in [-0.2, 0) is 0 Å². The summed E-state index contributed by atoms with van der Waals surface area (Å²) in [7, 11) is 0. The molecule has 3 rings (SSSR count). The van der Waals surface area contributed by atoms with Crippen LogP contribution in [-0.4, -0.2) is 15.5 Å². The van der Waals surface area contributed by atoms with Crippen molar-refractivity contribution in [1.29, 1.82) is 0 Å². The van der Waals surface area contributed by atoms with Gasteiger partial charge in [0.15, 0.2) is 0 Å². The fourth-order valence-electron chi connectivity index (χ4n) is 2.04. The largest absolute Gasteiger partial charge is 0.399 e. The van der Waals surface area contributed by atoms with Crippen LogP contribution in [0.3, 0.4) is 0 Å². The number of rotatable bonds is 1. The molecule has 0 saturated carbocycles. The number of hydrogen-bond donors (Lipinski definition) is 2. The summed E-state index contributed by atoms with van der Waals surface area (Å²) in [4.78, 5) is 27.0. The molecule has 3 N–H and O–H groups in total. The minimum Gasteiger partial charge on any atom is -0.399 e. The predicted molar refractivity (Wildman–Crippen MR) is 78.2 cm³/mol. The molecule has 2 aromatic carbocycles. The first-order valence-corrected chi connectivity index (χ1v) is 6.24. The van der Waals surface area contributed by atoms with Crippen molar-refractivity contribution in [3.63, 3.8) is 0 Å². The number of anilines is 1. The van der Waals surface area contributed by atoms with Crippen LogP contribution in [0.2, 0.25) is 5.02 Å². The molecule has 3 aromatic rings. The van der Waals surface area contributed by atoms with Crippen LogP contribution in [0, 0.1) is 0 Å². The third-order valence-electron chi connectivity index (χ3n) is 3.00. The number of nitrogens with one attached hydrogen (secondary N) is 1. The number of carbonyl (C=O) groups excluding carboxylic acids is 1. The standard InChI is InChI=1S/C14H10ClN3O2/c15-9-3-1-8(2-4-9)13(19)18-12-7-10(16)5-6-11(12)17-14(18)20/h1-7H,16H2,(H,17,20). The molecule has 0 aliphatic rings. The number of nitrogen functional groups attached to an aromatic ring is 1. The highest BCUT2D eigenvalue weighted by Crippen LogP contribution is 2.16. The number of hydrogen-bond acceptors (Lipinski definition) is 3. The zero-order valence-corrected chi connectivity index (χ0v) is 11.0. The Kier molecular flexibility index (Phi) is 2.84. The Morgan fingerprint density at radius 3 is 2.55 bits per heavy atom. The monoisotopic (exact) mass is 287 g/mol. The summed E-state index contributed by atoms with van der Waals surface area (Å²) in [6.45, 7) is 0. The van der Waals surface area contributed by atoms with E-state index in [2.05, 4.69) is 4.98 Å². The summed E-state index contributed by atoms with van der Waals surface area (Å²) in [5.74, 6) is -0.427. The van der Waals surface area contributed by atoms with Crippen molar-refractivity contribution in [3.8, 4) is 0 Å². The molecule has 0 spiro atoms. The molecular formula is C14H10ClN3O2. The fourth-order valence-corrected chi connectivity index (χ4v) is 2.17. The first kappa shape index (κ1) is 12.5. The molecular weight excluding hydrogens is 278 g/mol. The Hall–Kier alpha value is -2.53. The smallest absolute Gasteiger partial charge is 0.333 e. The van der Waals surface area contributed by atoms with E-state index in [9.17, 15) is 9.59 Å². The molecule has 6 heteroatoms. The zero-order chi connectivity index (χ0) is 14.3.